The van der Waals surface area contributed by atoms with Crippen LogP contribution in [-0.2, 0) is 6.42 Å². The average Bonchev–Trinajstić information content (AvgIpc) is 2.16. The molecule has 0 aliphatic carbocycles. The summed E-state index contributed by atoms with van der Waals surface area (Å²) in [6.45, 7) is 5.05. The molecule has 1 unspecified atom stereocenters. The highest BCUT2D eigenvalue weighted by atomic mass is 16.3. The van der Waals surface area contributed by atoms with E-state index in [2.05, 4.69) is 37.4 Å². The highest BCUT2D eigenvalue weighted by molar-refractivity contribution is 5.55. The maximum absolute atomic E-state index is 9.52. The molecule has 0 saturated heterocycles. The van der Waals surface area contributed by atoms with Crippen LogP contribution in [0.5, 0.6) is 0 Å². The molecule has 0 bridgehead atoms. The molecule has 0 radical (unpaired) electrons. The fraction of sp³-hybridized carbons (Fsp3) is 0.500. The molecule has 1 aromatic carbocycles. The molecule has 0 spiro atoms. The lowest BCUT2D eigenvalue weighted by molar-refractivity contribution is 0.184. The number of nitrogens with one attached hydrogen (secondary N) is 1. The minimum atomic E-state index is -0.232. The zero-order valence-electron chi connectivity index (χ0n) is 8.75. The predicted octanol–water partition coefficient (Wildman–Crippen LogP) is 2.14. The van der Waals surface area contributed by atoms with Crippen molar-refractivity contribution in [3.05, 3.63) is 29.3 Å². The summed E-state index contributed by atoms with van der Waals surface area (Å²) >= 11 is 0. The van der Waals surface area contributed by atoms with Crippen molar-refractivity contribution in [2.24, 2.45) is 0 Å². The van der Waals surface area contributed by atoms with Gasteiger partial charge in [-0.3, -0.25) is 0 Å². The molecule has 1 aliphatic rings. The zero-order valence-corrected chi connectivity index (χ0v) is 8.75. The summed E-state index contributed by atoms with van der Waals surface area (Å²) < 4.78 is 0. The van der Waals surface area contributed by atoms with Gasteiger partial charge in [0.2, 0.25) is 0 Å². The molecule has 2 N–H and O–H groups in total. The van der Waals surface area contributed by atoms with Crippen LogP contribution < -0.4 is 5.32 Å². The van der Waals surface area contributed by atoms with Gasteiger partial charge in [-0.05, 0) is 23.1 Å². The largest absolute Gasteiger partial charge is 0.391 e. The predicted molar refractivity (Wildman–Crippen MR) is 58.7 cm³/mol. The first-order valence-electron chi connectivity index (χ1n) is 5.21. The van der Waals surface area contributed by atoms with Gasteiger partial charge in [-0.2, -0.15) is 0 Å². The summed E-state index contributed by atoms with van der Waals surface area (Å²) in [6, 6.07) is 6.49. The van der Waals surface area contributed by atoms with Crippen LogP contribution in [0, 0.1) is 0 Å². The Hall–Kier alpha value is -1.02. The maximum Gasteiger partial charge on any atom is 0.0753 e. The third-order valence-electron chi connectivity index (χ3n) is 2.78. The molecular weight excluding hydrogens is 174 g/mol. The lowest BCUT2D eigenvalue weighted by Crippen LogP contribution is -2.27. The van der Waals surface area contributed by atoms with Gasteiger partial charge in [-0.1, -0.05) is 26.0 Å². The number of aliphatic hydroxyl groups is 1. The number of fused-ring (bicyclic) bond motifs is 1. The number of benzene rings is 1. The number of rotatable bonds is 1. The lowest BCUT2D eigenvalue weighted by atomic mass is 9.95. The van der Waals surface area contributed by atoms with Gasteiger partial charge < -0.3 is 10.4 Å². The van der Waals surface area contributed by atoms with E-state index >= 15 is 0 Å². The van der Waals surface area contributed by atoms with E-state index in [-0.39, 0.29) is 6.10 Å². The first kappa shape index (κ1) is 9.53. The third kappa shape index (κ3) is 1.75. The first-order valence-corrected chi connectivity index (χ1v) is 5.21. The molecule has 0 aromatic heterocycles. The Morgan fingerprint density at radius 2 is 2.21 bits per heavy atom. The molecule has 1 atom stereocenters. The van der Waals surface area contributed by atoms with E-state index in [4.69, 9.17) is 0 Å². The van der Waals surface area contributed by atoms with Crippen LogP contribution >= 0.6 is 0 Å². The SMILES string of the molecule is CC(C)c1ccc2c(c1)CC(O)CN2. The third-order valence-corrected chi connectivity index (χ3v) is 2.78. The van der Waals surface area contributed by atoms with Crippen LogP contribution in [0.4, 0.5) is 5.69 Å². The Morgan fingerprint density at radius 1 is 1.43 bits per heavy atom. The molecule has 0 amide bonds. The normalized spacial score (nSPS) is 20.4. The molecule has 2 rings (SSSR count). The summed E-state index contributed by atoms with van der Waals surface area (Å²) in [5.41, 5.74) is 3.77. The van der Waals surface area contributed by atoms with Crippen molar-refractivity contribution < 1.29 is 5.11 Å². The molecular formula is C12H17NO. The van der Waals surface area contributed by atoms with Crippen molar-refractivity contribution in [3.8, 4) is 0 Å². The Labute approximate surface area is 85.0 Å². The quantitative estimate of drug-likeness (QED) is 0.712. The van der Waals surface area contributed by atoms with E-state index in [1.807, 2.05) is 0 Å². The summed E-state index contributed by atoms with van der Waals surface area (Å²) in [4.78, 5) is 0. The van der Waals surface area contributed by atoms with Gasteiger partial charge in [0.15, 0.2) is 0 Å². The molecule has 0 saturated carbocycles. The molecule has 2 nitrogen and oxygen atoms in total. The molecule has 2 heteroatoms. The Bertz CT molecular complexity index is 333. The average molecular weight is 191 g/mol. The van der Waals surface area contributed by atoms with Gasteiger partial charge in [0.1, 0.15) is 0 Å². The Morgan fingerprint density at radius 3 is 2.93 bits per heavy atom. The highest BCUT2D eigenvalue weighted by Crippen LogP contribution is 2.26. The number of hydrogen-bond acceptors (Lipinski definition) is 2. The van der Waals surface area contributed by atoms with Crippen LogP contribution in [0.15, 0.2) is 18.2 Å². The molecule has 14 heavy (non-hydrogen) atoms. The standard InChI is InChI=1S/C12H17NO/c1-8(2)9-3-4-12-10(5-9)6-11(14)7-13-12/h3-5,8,11,13-14H,6-7H2,1-2H3. The number of aliphatic hydroxyl groups excluding tert-OH is 1. The van der Waals surface area contributed by atoms with Gasteiger partial charge in [0.25, 0.3) is 0 Å². The molecule has 0 fully saturated rings. The molecule has 1 aromatic rings. The number of hydrogen-bond donors (Lipinski definition) is 2. The lowest BCUT2D eigenvalue weighted by Gasteiger charge is -2.23. The smallest absolute Gasteiger partial charge is 0.0753 e. The number of β-amino-alcohol motifs (C(OH)–C–C–N with tert-alkyl or cyclic N) is 1. The second-order valence-electron chi connectivity index (χ2n) is 4.31. The van der Waals surface area contributed by atoms with Crippen molar-refractivity contribution in [2.75, 3.05) is 11.9 Å². The maximum atomic E-state index is 9.52. The monoisotopic (exact) mass is 191 g/mol. The summed E-state index contributed by atoms with van der Waals surface area (Å²) in [7, 11) is 0. The van der Waals surface area contributed by atoms with E-state index in [1.165, 1.54) is 16.8 Å². The fourth-order valence-corrected chi connectivity index (χ4v) is 1.87. The Kier molecular flexibility index (Phi) is 2.46. The van der Waals surface area contributed by atoms with E-state index < -0.39 is 0 Å². The van der Waals surface area contributed by atoms with E-state index in [0.717, 1.165) is 6.42 Å². The minimum Gasteiger partial charge on any atom is -0.391 e. The van der Waals surface area contributed by atoms with Gasteiger partial charge >= 0.3 is 0 Å². The Balaban J connectivity index is 2.33. The van der Waals surface area contributed by atoms with Crippen LogP contribution in [0.2, 0.25) is 0 Å². The topological polar surface area (TPSA) is 32.3 Å². The van der Waals surface area contributed by atoms with Crippen LogP contribution in [-0.4, -0.2) is 17.8 Å². The van der Waals surface area contributed by atoms with Crippen molar-refractivity contribution in [2.45, 2.75) is 32.3 Å². The minimum absolute atomic E-state index is 0.232. The van der Waals surface area contributed by atoms with Gasteiger partial charge in [0.05, 0.1) is 6.10 Å². The van der Waals surface area contributed by atoms with Gasteiger partial charge in [-0.15, -0.1) is 0 Å². The van der Waals surface area contributed by atoms with Crippen molar-refractivity contribution in [3.63, 3.8) is 0 Å². The zero-order chi connectivity index (χ0) is 10.1. The molecule has 1 aliphatic heterocycles. The van der Waals surface area contributed by atoms with Gasteiger partial charge in [0, 0.05) is 18.7 Å². The second-order valence-corrected chi connectivity index (χ2v) is 4.31. The second kappa shape index (κ2) is 3.62. The molecule has 76 valence electrons. The van der Waals surface area contributed by atoms with Crippen LogP contribution in [0.3, 0.4) is 0 Å². The first-order chi connectivity index (χ1) is 6.66. The van der Waals surface area contributed by atoms with Crippen molar-refractivity contribution in [1.29, 1.82) is 0 Å². The van der Waals surface area contributed by atoms with Crippen molar-refractivity contribution >= 4 is 5.69 Å². The van der Waals surface area contributed by atoms with Crippen LogP contribution in [0.1, 0.15) is 30.9 Å². The van der Waals surface area contributed by atoms with Gasteiger partial charge in [-0.25, -0.2) is 0 Å². The van der Waals surface area contributed by atoms with Crippen LogP contribution in [0.25, 0.3) is 0 Å². The molecule has 1 heterocycles. The summed E-state index contributed by atoms with van der Waals surface area (Å²) in [5, 5.41) is 12.8. The highest BCUT2D eigenvalue weighted by Gasteiger charge is 2.16. The number of anilines is 1. The van der Waals surface area contributed by atoms with E-state index in [0.29, 0.717) is 12.5 Å². The summed E-state index contributed by atoms with van der Waals surface area (Å²) in [5.74, 6) is 0.555. The van der Waals surface area contributed by atoms with Crippen molar-refractivity contribution in [1.82, 2.24) is 0 Å². The summed E-state index contributed by atoms with van der Waals surface area (Å²) in [6.07, 6.45) is 0.549. The van der Waals surface area contributed by atoms with E-state index in [9.17, 15) is 5.11 Å². The van der Waals surface area contributed by atoms with E-state index in [1.54, 1.807) is 0 Å². The fourth-order valence-electron chi connectivity index (χ4n) is 1.87.